The lowest BCUT2D eigenvalue weighted by atomic mass is 10.1. The molecule has 1 fully saturated rings. The lowest BCUT2D eigenvalue weighted by Gasteiger charge is -2.26. The summed E-state index contributed by atoms with van der Waals surface area (Å²) in [6, 6.07) is 7.54. The van der Waals surface area contributed by atoms with Crippen molar-refractivity contribution in [2.75, 3.05) is 11.9 Å². The Morgan fingerprint density at radius 2 is 2.15 bits per heavy atom. The van der Waals surface area contributed by atoms with E-state index in [1.54, 1.807) is 12.1 Å². The van der Waals surface area contributed by atoms with Crippen LogP contribution in [0.15, 0.2) is 33.6 Å². The van der Waals surface area contributed by atoms with Crippen molar-refractivity contribution in [3.05, 3.63) is 29.8 Å². The van der Waals surface area contributed by atoms with E-state index >= 15 is 0 Å². The molecule has 0 N–H and O–H groups in total. The first-order chi connectivity index (χ1) is 9.63. The second-order valence-electron chi connectivity index (χ2n) is 5.21. The normalized spacial score (nSPS) is 23.8. The zero-order valence-corrected chi connectivity index (χ0v) is 13.5. The highest BCUT2D eigenvalue weighted by atomic mass is 79.9. The minimum atomic E-state index is -3.50. The van der Waals surface area contributed by atoms with E-state index in [0.29, 0.717) is 16.8 Å². The molecule has 2 aliphatic heterocycles. The third kappa shape index (κ3) is 2.39. The molecular weight excluding hydrogens is 340 g/mol. The third-order valence-corrected chi connectivity index (χ3v) is 5.82. The highest BCUT2D eigenvalue weighted by molar-refractivity contribution is 9.09. The van der Waals surface area contributed by atoms with Crippen LogP contribution in [0.4, 0.5) is 0 Å². The predicted molar refractivity (Wildman–Crippen MR) is 82.9 cm³/mol. The van der Waals surface area contributed by atoms with Crippen LogP contribution in [-0.2, 0) is 10.0 Å². The van der Waals surface area contributed by atoms with Crippen LogP contribution in [-0.4, -0.2) is 37.1 Å². The van der Waals surface area contributed by atoms with Gasteiger partial charge in [0.1, 0.15) is 4.90 Å². The number of likely N-dealkylation sites (tertiary alicyclic amines) is 1. The van der Waals surface area contributed by atoms with Gasteiger partial charge in [-0.15, -0.1) is 4.40 Å². The van der Waals surface area contributed by atoms with Crippen LogP contribution in [0.25, 0.3) is 0 Å². The van der Waals surface area contributed by atoms with Gasteiger partial charge in [0.15, 0.2) is 5.84 Å². The Morgan fingerprint density at radius 3 is 2.95 bits per heavy atom. The Labute approximate surface area is 128 Å². The molecule has 6 heteroatoms. The molecule has 1 aromatic carbocycles. The molecule has 4 nitrogen and oxygen atoms in total. The van der Waals surface area contributed by atoms with E-state index in [0.717, 1.165) is 43.1 Å². The summed E-state index contributed by atoms with van der Waals surface area (Å²) >= 11 is 3.46. The van der Waals surface area contributed by atoms with Gasteiger partial charge in [-0.1, -0.05) is 28.1 Å². The molecule has 0 amide bonds. The SMILES string of the molecule is O=S1(=O)N=C(N2CCCC2CCCBr)c2ccccc21. The summed E-state index contributed by atoms with van der Waals surface area (Å²) in [5.74, 6) is 0.651. The van der Waals surface area contributed by atoms with Crippen LogP contribution in [0.5, 0.6) is 0 Å². The van der Waals surface area contributed by atoms with Crippen molar-refractivity contribution >= 4 is 31.8 Å². The molecule has 1 aromatic rings. The van der Waals surface area contributed by atoms with E-state index in [-0.39, 0.29) is 0 Å². The second kappa shape index (κ2) is 5.48. The van der Waals surface area contributed by atoms with Gasteiger partial charge in [0, 0.05) is 23.5 Å². The van der Waals surface area contributed by atoms with Crippen LogP contribution in [0.2, 0.25) is 0 Å². The average Bonchev–Trinajstić information content (AvgIpc) is 3.00. The van der Waals surface area contributed by atoms with Gasteiger partial charge in [0.25, 0.3) is 10.0 Å². The first-order valence-corrected chi connectivity index (χ1v) is 9.46. The minimum Gasteiger partial charge on any atom is -0.352 e. The van der Waals surface area contributed by atoms with E-state index in [9.17, 15) is 8.42 Å². The molecule has 0 bridgehead atoms. The molecule has 20 heavy (non-hydrogen) atoms. The first-order valence-electron chi connectivity index (χ1n) is 6.90. The Bertz CT molecular complexity index is 642. The summed E-state index contributed by atoms with van der Waals surface area (Å²) in [5.41, 5.74) is 0.762. The van der Waals surface area contributed by atoms with Gasteiger partial charge in [0.05, 0.1) is 0 Å². The van der Waals surface area contributed by atoms with Crippen molar-refractivity contribution in [3.63, 3.8) is 0 Å². The molecule has 0 aromatic heterocycles. The molecule has 2 aliphatic rings. The van der Waals surface area contributed by atoms with E-state index in [1.165, 1.54) is 0 Å². The smallest absolute Gasteiger partial charge is 0.285 e. The standard InChI is InChI=1S/C14H17BrN2O2S/c15-9-3-5-11-6-4-10-17(11)14-12-7-1-2-8-13(12)20(18,19)16-14/h1-2,7-8,11H,3-6,9-10H2. The lowest BCUT2D eigenvalue weighted by Crippen LogP contribution is -2.35. The fourth-order valence-electron chi connectivity index (χ4n) is 3.02. The molecule has 0 spiro atoms. The van der Waals surface area contributed by atoms with Crippen molar-refractivity contribution in [2.45, 2.75) is 36.6 Å². The Kier molecular flexibility index (Phi) is 3.86. The molecule has 108 valence electrons. The fraction of sp³-hybridized carbons (Fsp3) is 0.500. The predicted octanol–water partition coefficient (Wildman–Crippen LogP) is 2.78. The largest absolute Gasteiger partial charge is 0.352 e. The van der Waals surface area contributed by atoms with Crippen LogP contribution >= 0.6 is 15.9 Å². The molecule has 1 atom stereocenters. The number of sulfonamides is 1. The van der Waals surface area contributed by atoms with E-state index in [4.69, 9.17) is 0 Å². The molecule has 2 heterocycles. The maximum absolute atomic E-state index is 12.1. The minimum absolute atomic E-state index is 0.348. The summed E-state index contributed by atoms with van der Waals surface area (Å²) in [4.78, 5) is 2.53. The van der Waals surface area contributed by atoms with Crippen LogP contribution < -0.4 is 0 Å². The topological polar surface area (TPSA) is 49.7 Å². The number of amidine groups is 1. The number of nitrogens with zero attached hydrogens (tertiary/aromatic N) is 2. The fourth-order valence-corrected chi connectivity index (χ4v) is 4.56. The maximum Gasteiger partial charge on any atom is 0.285 e. The monoisotopic (exact) mass is 356 g/mol. The van der Waals surface area contributed by atoms with Crippen molar-refractivity contribution in [1.29, 1.82) is 0 Å². The quantitative estimate of drug-likeness (QED) is 0.782. The zero-order chi connectivity index (χ0) is 14.2. The number of hydrogen-bond donors (Lipinski definition) is 0. The van der Waals surface area contributed by atoms with Gasteiger partial charge in [-0.25, -0.2) is 0 Å². The molecule has 1 saturated heterocycles. The number of halogens is 1. The van der Waals surface area contributed by atoms with Gasteiger partial charge in [-0.3, -0.25) is 0 Å². The van der Waals surface area contributed by atoms with E-state index < -0.39 is 10.0 Å². The van der Waals surface area contributed by atoms with Crippen molar-refractivity contribution in [3.8, 4) is 0 Å². The summed E-state index contributed by atoms with van der Waals surface area (Å²) in [6.45, 7) is 0.898. The molecule has 0 radical (unpaired) electrons. The number of alkyl halides is 1. The van der Waals surface area contributed by atoms with Crippen molar-refractivity contribution in [1.82, 2.24) is 4.90 Å². The van der Waals surface area contributed by atoms with Crippen molar-refractivity contribution in [2.24, 2.45) is 4.40 Å². The molecule has 1 unspecified atom stereocenters. The third-order valence-electron chi connectivity index (χ3n) is 3.93. The van der Waals surface area contributed by atoms with Gasteiger partial charge < -0.3 is 4.90 Å². The Hall–Kier alpha value is -0.880. The van der Waals surface area contributed by atoms with Crippen LogP contribution in [0.1, 0.15) is 31.2 Å². The van der Waals surface area contributed by atoms with E-state index in [2.05, 4.69) is 25.2 Å². The summed E-state index contributed by atoms with van der Waals surface area (Å²) in [5, 5.41) is 0.985. The molecule has 3 rings (SSSR count). The van der Waals surface area contributed by atoms with Gasteiger partial charge in [-0.05, 0) is 37.8 Å². The highest BCUT2D eigenvalue weighted by Crippen LogP contribution is 2.32. The first kappa shape index (κ1) is 14.1. The lowest BCUT2D eigenvalue weighted by molar-refractivity contribution is 0.368. The molecule has 0 saturated carbocycles. The number of hydrogen-bond acceptors (Lipinski definition) is 3. The van der Waals surface area contributed by atoms with Gasteiger partial charge in [-0.2, -0.15) is 8.42 Å². The summed E-state index contributed by atoms with van der Waals surface area (Å²) in [6.07, 6.45) is 4.40. The van der Waals surface area contributed by atoms with Gasteiger partial charge >= 0.3 is 0 Å². The van der Waals surface area contributed by atoms with Crippen molar-refractivity contribution < 1.29 is 8.42 Å². The zero-order valence-electron chi connectivity index (χ0n) is 11.1. The van der Waals surface area contributed by atoms with Gasteiger partial charge in [0.2, 0.25) is 0 Å². The molecule has 0 aliphatic carbocycles. The highest BCUT2D eigenvalue weighted by Gasteiger charge is 2.35. The van der Waals surface area contributed by atoms with E-state index in [1.807, 2.05) is 12.1 Å². The number of fused-ring (bicyclic) bond motifs is 1. The molecular formula is C14H17BrN2O2S. The number of benzene rings is 1. The average molecular weight is 357 g/mol. The summed E-state index contributed by atoms with van der Waals surface area (Å²) in [7, 11) is -3.50. The Morgan fingerprint density at radius 1 is 1.35 bits per heavy atom. The van der Waals surface area contributed by atoms with Crippen LogP contribution in [0.3, 0.4) is 0 Å². The number of rotatable bonds is 3. The second-order valence-corrected chi connectivity index (χ2v) is 7.57. The summed E-state index contributed by atoms with van der Waals surface area (Å²) < 4.78 is 28.3. The Balaban J connectivity index is 1.95. The van der Waals surface area contributed by atoms with Crippen LogP contribution in [0, 0.1) is 0 Å². The maximum atomic E-state index is 12.1.